The highest BCUT2D eigenvalue weighted by molar-refractivity contribution is 5.72. The predicted molar refractivity (Wildman–Crippen MR) is 125 cm³/mol. The zero-order chi connectivity index (χ0) is 24.1. The van der Waals surface area contributed by atoms with Crippen molar-refractivity contribution >= 4 is 11.7 Å². The SMILES string of the molecule is CC(C)(C)OC(=O)N1CCC(c2cc(=O)[nH]c3c(-c4noc(C5(C)CCCC5)n4)cnn23)CC1. The number of aromatic amines is 1. The Kier molecular flexibility index (Phi) is 5.49. The van der Waals surface area contributed by atoms with Crippen molar-refractivity contribution in [3.05, 3.63) is 34.2 Å². The maximum atomic E-state index is 12.6. The van der Waals surface area contributed by atoms with Gasteiger partial charge in [-0.15, -0.1) is 0 Å². The summed E-state index contributed by atoms with van der Waals surface area (Å²) in [5.74, 6) is 1.17. The van der Waals surface area contributed by atoms with Crippen LogP contribution in [0, 0.1) is 0 Å². The second kappa shape index (κ2) is 8.25. The van der Waals surface area contributed by atoms with E-state index < -0.39 is 5.60 Å². The number of nitrogens with zero attached hydrogens (tertiary/aromatic N) is 5. The molecule has 0 aromatic carbocycles. The van der Waals surface area contributed by atoms with Crippen LogP contribution in [-0.2, 0) is 10.2 Å². The topological polar surface area (TPSA) is 119 Å². The molecule has 0 radical (unpaired) electrons. The Labute approximate surface area is 197 Å². The molecule has 0 spiro atoms. The monoisotopic (exact) mass is 468 g/mol. The molecule has 182 valence electrons. The van der Waals surface area contributed by atoms with E-state index in [9.17, 15) is 9.59 Å². The van der Waals surface area contributed by atoms with Gasteiger partial charge in [-0.3, -0.25) is 4.79 Å². The molecule has 0 unspecified atom stereocenters. The molecule has 0 bridgehead atoms. The highest BCUT2D eigenvalue weighted by Crippen LogP contribution is 2.40. The summed E-state index contributed by atoms with van der Waals surface area (Å²) in [7, 11) is 0. The summed E-state index contributed by atoms with van der Waals surface area (Å²) in [6, 6.07) is 1.60. The number of H-pyrrole nitrogens is 1. The maximum Gasteiger partial charge on any atom is 0.410 e. The normalized spacial score (nSPS) is 19.1. The van der Waals surface area contributed by atoms with Gasteiger partial charge in [0.05, 0.1) is 17.5 Å². The molecule has 5 rings (SSSR count). The van der Waals surface area contributed by atoms with Gasteiger partial charge < -0.3 is 19.1 Å². The van der Waals surface area contributed by atoms with Crippen LogP contribution < -0.4 is 5.56 Å². The number of carbonyl (C=O) groups is 1. The molecule has 0 atom stereocenters. The number of hydrogen-bond acceptors (Lipinski definition) is 7. The summed E-state index contributed by atoms with van der Waals surface area (Å²) < 4.78 is 12.9. The summed E-state index contributed by atoms with van der Waals surface area (Å²) in [5, 5.41) is 8.77. The van der Waals surface area contributed by atoms with Crippen LogP contribution in [-0.4, -0.2) is 54.4 Å². The smallest absolute Gasteiger partial charge is 0.410 e. The first-order valence-electron chi connectivity index (χ1n) is 12.1. The maximum absolute atomic E-state index is 12.6. The molecule has 1 aliphatic carbocycles. The molecule has 3 aromatic rings. The molecule has 1 amide bonds. The first kappa shape index (κ1) is 22.6. The lowest BCUT2D eigenvalue weighted by Crippen LogP contribution is -2.41. The van der Waals surface area contributed by atoms with E-state index in [0.717, 1.165) is 44.2 Å². The van der Waals surface area contributed by atoms with Gasteiger partial charge in [0.25, 0.3) is 5.56 Å². The van der Waals surface area contributed by atoms with Gasteiger partial charge in [-0.25, -0.2) is 9.31 Å². The highest BCUT2D eigenvalue weighted by Gasteiger charge is 2.36. The van der Waals surface area contributed by atoms with Gasteiger partial charge in [0.2, 0.25) is 11.7 Å². The van der Waals surface area contributed by atoms with Gasteiger partial charge >= 0.3 is 6.09 Å². The van der Waals surface area contributed by atoms with Crippen LogP contribution in [0.15, 0.2) is 21.6 Å². The van der Waals surface area contributed by atoms with Crippen LogP contribution in [0.1, 0.15) is 83.7 Å². The van der Waals surface area contributed by atoms with E-state index in [4.69, 9.17) is 9.26 Å². The van der Waals surface area contributed by atoms with E-state index in [1.807, 2.05) is 20.8 Å². The lowest BCUT2D eigenvalue weighted by molar-refractivity contribution is 0.0203. The number of carbonyl (C=O) groups excluding carboxylic acids is 1. The van der Waals surface area contributed by atoms with E-state index in [0.29, 0.717) is 36.0 Å². The molecule has 1 saturated heterocycles. The molecule has 34 heavy (non-hydrogen) atoms. The van der Waals surface area contributed by atoms with Gasteiger partial charge in [-0.2, -0.15) is 10.1 Å². The van der Waals surface area contributed by atoms with Crippen molar-refractivity contribution in [3.63, 3.8) is 0 Å². The Morgan fingerprint density at radius 2 is 1.94 bits per heavy atom. The molecular weight excluding hydrogens is 436 g/mol. The number of likely N-dealkylation sites (tertiary alicyclic amines) is 1. The third-order valence-electron chi connectivity index (χ3n) is 6.99. The molecule has 1 N–H and O–H groups in total. The second-order valence-electron chi connectivity index (χ2n) is 10.8. The summed E-state index contributed by atoms with van der Waals surface area (Å²) in [4.78, 5) is 34.3. The summed E-state index contributed by atoms with van der Waals surface area (Å²) in [5.41, 5.74) is 1.20. The van der Waals surface area contributed by atoms with Crippen LogP contribution in [0.5, 0.6) is 0 Å². The van der Waals surface area contributed by atoms with Crippen molar-refractivity contribution in [1.82, 2.24) is 29.6 Å². The molecule has 2 aliphatic rings. The molecular formula is C24H32N6O4. The van der Waals surface area contributed by atoms with Gasteiger partial charge in [0, 0.05) is 30.5 Å². The Hall–Kier alpha value is -3.17. The predicted octanol–water partition coefficient (Wildman–Crippen LogP) is 4.02. The van der Waals surface area contributed by atoms with E-state index in [1.165, 1.54) is 0 Å². The van der Waals surface area contributed by atoms with Gasteiger partial charge in [-0.05, 0) is 46.5 Å². The molecule has 10 nitrogen and oxygen atoms in total. The first-order valence-corrected chi connectivity index (χ1v) is 12.1. The summed E-state index contributed by atoms with van der Waals surface area (Å²) >= 11 is 0. The van der Waals surface area contributed by atoms with Crippen LogP contribution in [0.2, 0.25) is 0 Å². The zero-order valence-electron chi connectivity index (χ0n) is 20.3. The minimum Gasteiger partial charge on any atom is -0.444 e. The summed E-state index contributed by atoms with van der Waals surface area (Å²) in [6.07, 6.45) is 7.21. The fraction of sp³-hybridized carbons (Fsp3) is 0.625. The lowest BCUT2D eigenvalue weighted by Gasteiger charge is -2.33. The number of nitrogens with one attached hydrogen (secondary N) is 1. The standard InChI is InChI=1S/C24H32N6O4/c1-23(2,3)33-22(32)29-11-7-15(8-12-29)17-13-18(31)26-20-16(14-25-30(17)20)19-27-21(34-28-19)24(4)9-5-6-10-24/h13-15H,5-12H2,1-4H3,(H,26,31). The van der Waals surface area contributed by atoms with Gasteiger partial charge in [0.1, 0.15) is 11.2 Å². The number of rotatable bonds is 3. The van der Waals surface area contributed by atoms with E-state index >= 15 is 0 Å². The molecule has 3 aromatic heterocycles. The summed E-state index contributed by atoms with van der Waals surface area (Å²) in [6.45, 7) is 8.88. The van der Waals surface area contributed by atoms with Crippen molar-refractivity contribution in [2.45, 2.75) is 83.2 Å². The number of fused-ring (bicyclic) bond motifs is 1. The van der Waals surface area contributed by atoms with Crippen molar-refractivity contribution in [1.29, 1.82) is 0 Å². The number of piperidine rings is 1. The van der Waals surface area contributed by atoms with E-state index in [-0.39, 0.29) is 23.0 Å². The van der Waals surface area contributed by atoms with Crippen molar-refractivity contribution in [3.8, 4) is 11.4 Å². The fourth-order valence-electron chi connectivity index (χ4n) is 5.10. The minimum atomic E-state index is -0.525. The van der Waals surface area contributed by atoms with Crippen LogP contribution in [0.4, 0.5) is 4.79 Å². The third-order valence-corrected chi connectivity index (χ3v) is 6.99. The average molecular weight is 469 g/mol. The van der Waals surface area contributed by atoms with E-state index in [2.05, 4.69) is 27.1 Å². The molecule has 1 saturated carbocycles. The largest absolute Gasteiger partial charge is 0.444 e. The second-order valence-corrected chi connectivity index (χ2v) is 10.8. The third kappa shape index (κ3) is 4.21. The Morgan fingerprint density at radius 3 is 2.62 bits per heavy atom. The molecule has 2 fully saturated rings. The van der Waals surface area contributed by atoms with Crippen LogP contribution >= 0.6 is 0 Å². The van der Waals surface area contributed by atoms with E-state index in [1.54, 1.807) is 21.7 Å². The van der Waals surface area contributed by atoms with Crippen molar-refractivity contribution in [2.75, 3.05) is 13.1 Å². The van der Waals surface area contributed by atoms with Gasteiger partial charge in [0.15, 0.2) is 0 Å². The number of amides is 1. The number of aromatic nitrogens is 5. The van der Waals surface area contributed by atoms with Crippen molar-refractivity contribution in [2.24, 2.45) is 0 Å². The number of ether oxygens (including phenoxy) is 1. The highest BCUT2D eigenvalue weighted by atomic mass is 16.6. The number of hydrogen-bond donors (Lipinski definition) is 1. The van der Waals surface area contributed by atoms with Crippen molar-refractivity contribution < 1.29 is 14.1 Å². The molecule has 10 heteroatoms. The average Bonchev–Trinajstić information content (AvgIpc) is 3.52. The Morgan fingerprint density at radius 1 is 1.24 bits per heavy atom. The van der Waals surface area contributed by atoms with Crippen LogP contribution in [0.25, 0.3) is 17.0 Å². The van der Waals surface area contributed by atoms with Crippen LogP contribution in [0.3, 0.4) is 0 Å². The van der Waals surface area contributed by atoms with Gasteiger partial charge in [-0.1, -0.05) is 24.9 Å². The zero-order valence-corrected chi connectivity index (χ0v) is 20.3. The first-order chi connectivity index (χ1) is 16.1. The fourth-order valence-corrected chi connectivity index (χ4v) is 5.10. The Bertz CT molecular complexity index is 1250. The minimum absolute atomic E-state index is 0.0884. The molecule has 1 aliphatic heterocycles. The lowest BCUT2D eigenvalue weighted by atomic mass is 9.89. The molecule has 4 heterocycles. The Balaban J connectivity index is 1.39. The quantitative estimate of drug-likeness (QED) is 0.617.